The number of hydrogen-bond donors (Lipinski definition) is 0. The Bertz CT molecular complexity index is 392. The number of hydrogen-bond acceptors (Lipinski definition) is 5. The first-order valence-corrected chi connectivity index (χ1v) is 3.54. The summed E-state index contributed by atoms with van der Waals surface area (Å²) in [6.07, 6.45) is 0. The summed E-state index contributed by atoms with van der Waals surface area (Å²) < 4.78 is 9.01. The Balaban J connectivity index is 2.94. The minimum absolute atomic E-state index is 0.183. The molecule has 0 unspecified atom stereocenters. The van der Waals surface area contributed by atoms with E-state index < -0.39 is 17.7 Å². The van der Waals surface area contributed by atoms with E-state index in [9.17, 15) is 14.4 Å². The first-order chi connectivity index (χ1) is 6.56. The zero-order valence-corrected chi connectivity index (χ0v) is 7.20. The van der Waals surface area contributed by atoms with Crippen LogP contribution in [0.3, 0.4) is 0 Å². The third-order valence-electron chi connectivity index (χ3n) is 1.42. The minimum Gasteiger partial charge on any atom is -0.463 e. The summed E-state index contributed by atoms with van der Waals surface area (Å²) in [5, 5.41) is 0. The molecule has 0 aliphatic rings. The Hall–Kier alpha value is -2.11. The van der Waals surface area contributed by atoms with Crippen LogP contribution in [0.15, 0.2) is 16.5 Å². The lowest BCUT2D eigenvalue weighted by Crippen LogP contribution is -2.13. The minimum atomic E-state index is -1.39. The van der Waals surface area contributed by atoms with Gasteiger partial charge in [-0.3, -0.25) is 15.3 Å². The van der Waals surface area contributed by atoms with Crippen molar-refractivity contribution >= 4 is 17.7 Å². The molecule has 1 aromatic heterocycles. The van der Waals surface area contributed by atoms with Crippen molar-refractivity contribution in [2.24, 2.45) is 0 Å². The standard InChI is InChI=1S/C8H6NO5/c1-13-8(12)5-3-2-4(14-5)6(10)7(9)11/h2-3,9H,1H3. The van der Waals surface area contributed by atoms with Gasteiger partial charge in [0.15, 0.2) is 5.76 Å². The highest BCUT2D eigenvalue weighted by molar-refractivity contribution is 6.41. The van der Waals surface area contributed by atoms with Crippen LogP contribution in [-0.4, -0.2) is 24.8 Å². The van der Waals surface area contributed by atoms with Crippen LogP contribution in [0.1, 0.15) is 21.1 Å². The van der Waals surface area contributed by atoms with E-state index in [2.05, 4.69) is 4.74 Å². The maximum absolute atomic E-state index is 10.9. The molecule has 1 rings (SSSR count). The molecular weight excluding hydrogens is 190 g/mol. The quantitative estimate of drug-likeness (QED) is 0.386. The highest BCUT2D eigenvalue weighted by atomic mass is 16.5. The topological polar surface area (TPSA) is 97.4 Å². The van der Waals surface area contributed by atoms with Crippen molar-refractivity contribution in [2.45, 2.75) is 0 Å². The van der Waals surface area contributed by atoms with E-state index in [4.69, 9.17) is 10.2 Å². The molecule has 6 heteroatoms. The van der Waals surface area contributed by atoms with Gasteiger partial charge in [-0.05, 0) is 12.1 Å². The Morgan fingerprint density at radius 2 is 1.86 bits per heavy atom. The van der Waals surface area contributed by atoms with E-state index in [1.807, 2.05) is 0 Å². The normalized spacial score (nSPS) is 9.50. The molecule has 0 aromatic carbocycles. The molecule has 0 saturated heterocycles. The van der Waals surface area contributed by atoms with E-state index in [1.165, 1.54) is 6.07 Å². The number of esters is 1. The molecule has 0 atom stereocenters. The zero-order chi connectivity index (χ0) is 10.7. The number of ether oxygens (including phenoxy) is 1. The van der Waals surface area contributed by atoms with Gasteiger partial charge in [-0.25, -0.2) is 4.79 Å². The predicted octanol–water partition coefficient (Wildman–Crippen LogP) is 0.0584. The highest BCUT2D eigenvalue weighted by Crippen LogP contribution is 2.09. The Kier molecular flexibility index (Phi) is 2.66. The Morgan fingerprint density at radius 3 is 2.36 bits per heavy atom. The molecule has 14 heavy (non-hydrogen) atoms. The van der Waals surface area contributed by atoms with Crippen molar-refractivity contribution in [1.82, 2.24) is 5.73 Å². The van der Waals surface area contributed by atoms with E-state index >= 15 is 0 Å². The number of nitrogens with one attached hydrogen (secondary N) is 1. The van der Waals surface area contributed by atoms with Gasteiger partial charge in [0.1, 0.15) is 0 Å². The molecule has 1 heterocycles. The summed E-state index contributed by atoms with van der Waals surface area (Å²) in [4.78, 5) is 32.1. The number of methoxy groups -OCH3 is 1. The van der Waals surface area contributed by atoms with Gasteiger partial charge in [-0.15, -0.1) is 0 Å². The lowest BCUT2D eigenvalue weighted by molar-refractivity contribution is -0.114. The maximum Gasteiger partial charge on any atom is 0.373 e. The summed E-state index contributed by atoms with van der Waals surface area (Å²) in [5.74, 6) is -3.76. The molecule has 0 saturated carbocycles. The van der Waals surface area contributed by atoms with Gasteiger partial charge in [-0.2, -0.15) is 0 Å². The van der Waals surface area contributed by atoms with Crippen LogP contribution in [0.2, 0.25) is 0 Å². The number of amides is 1. The van der Waals surface area contributed by atoms with Crippen molar-refractivity contribution in [2.75, 3.05) is 7.11 Å². The second-order valence-corrected chi connectivity index (χ2v) is 2.31. The SMILES string of the molecule is COC(=O)c1ccc(C(=O)C([NH])=O)o1. The fraction of sp³-hybridized carbons (Fsp3) is 0.125. The van der Waals surface area contributed by atoms with Crippen molar-refractivity contribution in [3.8, 4) is 0 Å². The summed E-state index contributed by atoms with van der Waals surface area (Å²) in [5.41, 5.74) is 6.52. The molecular formula is C8H6NO5. The molecule has 0 bridgehead atoms. The molecule has 0 fully saturated rings. The molecule has 0 aliphatic carbocycles. The van der Waals surface area contributed by atoms with Crippen LogP contribution in [0.4, 0.5) is 0 Å². The summed E-state index contributed by atoms with van der Waals surface area (Å²) >= 11 is 0. The third kappa shape index (κ3) is 1.79. The van der Waals surface area contributed by atoms with Gasteiger partial charge in [0.25, 0.3) is 5.78 Å². The van der Waals surface area contributed by atoms with Crippen molar-refractivity contribution in [1.29, 1.82) is 0 Å². The number of rotatable bonds is 3. The van der Waals surface area contributed by atoms with Gasteiger partial charge in [0, 0.05) is 0 Å². The molecule has 1 amide bonds. The smallest absolute Gasteiger partial charge is 0.373 e. The average molecular weight is 196 g/mol. The van der Waals surface area contributed by atoms with E-state index in [0.717, 1.165) is 13.2 Å². The van der Waals surface area contributed by atoms with Gasteiger partial charge < -0.3 is 9.15 Å². The van der Waals surface area contributed by atoms with Gasteiger partial charge in [0.05, 0.1) is 7.11 Å². The lowest BCUT2D eigenvalue weighted by atomic mass is 10.3. The molecule has 1 N–H and O–H groups in total. The van der Waals surface area contributed by atoms with Crippen LogP contribution in [0.5, 0.6) is 0 Å². The second kappa shape index (κ2) is 3.73. The molecule has 1 aromatic rings. The van der Waals surface area contributed by atoms with Gasteiger partial charge in [-0.1, -0.05) is 0 Å². The second-order valence-electron chi connectivity index (χ2n) is 2.31. The molecule has 0 aliphatic heterocycles. The van der Waals surface area contributed by atoms with Gasteiger partial charge in [0.2, 0.25) is 5.76 Å². The first-order valence-electron chi connectivity index (χ1n) is 3.54. The third-order valence-corrected chi connectivity index (χ3v) is 1.42. The fourth-order valence-corrected chi connectivity index (χ4v) is 0.782. The number of carbonyl (C=O) groups excluding carboxylic acids is 3. The molecule has 73 valence electrons. The predicted molar refractivity (Wildman–Crippen MR) is 42.5 cm³/mol. The maximum atomic E-state index is 10.9. The number of furan rings is 1. The first kappa shape index (κ1) is 9.97. The fourth-order valence-electron chi connectivity index (χ4n) is 0.782. The van der Waals surface area contributed by atoms with E-state index in [-0.39, 0.29) is 11.5 Å². The van der Waals surface area contributed by atoms with Crippen LogP contribution in [-0.2, 0) is 9.53 Å². The van der Waals surface area contributed by atoms with Crippen LogP contribution >= 0.6 is 0 Å². The van der Waals surface area contributed by atoms with Crippen LogP contribution in [0, 0.1) is 0 Å². The molecule has 1 radical (unpaired) electrons. The monoisotopic (exact) mass is 196 g/mol. The number of carbonyl (C=O) groups is 3. The Morgan fingerprint density at radius 1 is 1.29 bits per heavy atom. The van der Waals surface area contributed by atoms with Crippen molar-refractivity contribution < 1.29 is 23.5 Å². The van der Waals surface area contributed by atoms with Crippen LogP contribution < -0.4 is 5.73 Å². The highest BCUT2D eigenvalue weighted by Gasteiger charge is 2.19. The number of ketones is 1. The van der Waals surface area contributed by atoms with E-state index in [0.29, 0.717) is 0 Å². The van der Waals surface area contributed by atoms with Gasteiger partial charge >= 0.3 is 11.9 Å². The summed E-state index contributed by atoms with van der Waals surface area (Å²) in [6.45, 7) is 0. The molecule has 0 spiro atoms. The Labute approximate surface area is 78.6 Å². The zero-order valence-electron chi connectivity index (χ0n) is 7.20. The largest absolute Gasteiger partial charge is 0.463 e. The summed E-state index contributed by atoms with van der Waals surface area (Å²) in [7, 11) is 1.15. The summed E-state index contributed by atoms with van der Waals surface area (Å²) in [6, 6.07) is 2.34. The average Bonchev–Trinajstić information content (AvgIpc) is 2.64. The molecule has 6 nitrogen and oxygen atoms in total. The van der Waals surface area contributed by atoms with E-state index in [1.54, 1.807) is 0 Å². The van der Waals surface area contributed by atoms with Crippen LogP contribution in [0.25, 0.3) is 0 Å². The van der Waals surface area contributed by atoms with Crippen molar-refractivity contribution in [3.05, 3.63) is 23.7 Å². The lowest BCUT2D eigenvalue weighted by Gasteiger charge is -1.92. The van der Waals surface area contributed by atoms with Crippen molar-refractivity contribution in [3.63, 3.8) is 0 Å². The number of Topliss-reactive ketones (excluding diaryl/α,β-unsaturated/α-hetero) is 1.